The Bertz CT molecular complexity index is 933. The Balaban J connectivity index is 2.15. The highest BCUT2D eigenvalue weighted by Crippen LogP contribution is 2.32. The van der Waals surface area contributed by atoms with Crippen molar-refractivity contribution in [3.8, 4) is 11.6 Å². The molecule has 5 nitrogen and oxygen atoms in total. The van der Waals surface area contributed by atoms with Crippen molar-refractivity contribution in [2.45, 2.75) is 20.8 Å². The van der Waals surface area contributed by atoms with Crippen molar-refractivity contribution < 1.29 is 4.42 Å². The highest BCUT2D eigenvalue weighted by molar-refractivity contribution is 7.18. The molecular formula is C14H12N4OS. The Morgan fingerprint density at radius 2 is 2.05 bits per heavy atom. The van der Waals surface area contributed by atoms with Gasteiger partial charge < -0.3 is 4.42 Å². The molecule has 100 valence electrons. The van der Waals surface area contributed by atoms with Crippen LogP contribution in [0.15, 0.2) is 22.8 Å². The molecule has 0 saturated carbocycles. The van der Waals surface area contributed by atoms with E-state index in [1.54, 1.807) is 22.1 Å². The summed E-state index contributed by atoms with van der Waals surface area (Å²) in [6, 6.07) is 3.70. The van der Waals surface area contributed by atoms with E-state index >= 15 is 0 Å². The van der Waals surface area contributed by atoms with Gasteiger partial charge in [0.25, 0.3) is 0 Å². The first-order valence-corrected chi connectivity index (χ1v) is 7.14. The fraction of sp³-hybridized carbons (Fsp3) is 0.214. The lowest BCUT2D eigenvalue weighted by molar-refractivity contribution is 0.577. The molecule has 0 radical (unpaired) electrons. The molecule has 0 aromatic carbocycles. The number of aromatic nitrogens is 4. The summed E-state index contributed by atoms with van der Waals surface area (Å²) in [6.45, 7) is 6.15. The molecule has 0 saturated heterocycles. The molecule has 0 unspecified atom stereocenters. The number of hydrogen-bond donors (Lipinski definition) is 0. The molecule has 0 fully saturated rings. The molecule has 0 aliphatic rings. The lowest BCUT2D eigenvalue weighted by atomic mass is 10.2. The summed E-state index contributed by atoms with van der Waals surface area (Å²) in [5.74, 6) is 2.10. The SMILES string of the molecule is Cc1sc2nc(C)n3nc(-c4ccco4)nc3c2c1C. The molecule has 0 aliphatic heterocycles. The van der Waals surface area contributed by atoms with Crippen LogP contribution in [0.4, 0.5) is 0 Å². The number of rotatable bonds is 1. The van der Waals surface area contributed by atoms with Crippen molar-refractivity contribution in [2.24, 2.45) is 0 Å². The molecule has 0 amide bonds. The molecule has 4 rings (SSSR count). The highest BCUT2D eigenvalue weighted by atomic mass is 32.1. The Labute approximate surface area is 118 Å². The van der Waals surface area contributed by atoms with Crippen molar-refractivity contribution in [1.82, 2.24) is 19.6 Å². The minimum absolute atomic E-state index is 0.593. The maximum Gasteiger partial charge on any atom is 0.217 e. The summed E-state index contributed by atoms with van der Waals surface area (Å²) in [7, 11) is 0. The van der Waals surface area contributed by atoms with Gasteiger partial charge in [0.2, 0.25) is 5.82 Å². The molecule has 6 heteroatoms. The second-order valence-corrected chi connectivity index (χ2v) is 5.97. The van der Waals surface area contributed by atoms with Crippen molar-refractivity contribution >= 4 is 27.2 Å². The van der Waals surface area contributed by atoms with Gasteiger partial charge in [0.05, 0.1) is 11.6 Å². The Kier molecular flexibility index (Phi) is 2.26. The molecule has 4 aromatic rings. The molecule has 0 atom stereocenters. The van der Waals surface area contributed by atoms with E-state index < -0.39 is 0 Å². The predicted octanol–water partition coefficient (Wildman–Crippen LogP) is 3.52. The van der Waals surface area contributed by atoms with Crippen LogP contribution < -0.4 is 0 Å². The van der Waals surface area contributed by atoms with Crippen LogP contribution in [0.3, 0.4) is 0 Å². The lowest BCUT2D eigenvalue weighted by Gasteiger charge is -1.98. The van der Waals surface area contributed by atoms with E-state index in [2.05, 4.69) is 28.9 Å². The number of fused-ring (bicyclic) bond motifs is 3. The Hall–Kier alpha value is -2.21. The minimum atomic E-state index is 0.593. The van der Waals surface area contributed by atoms with Crippen molar-refractivity contribution in [3.63, 3.8) is 0 Å². The van der Waals surface area contributed by atoms with Crippen LogP contribution >= 0.6 is 11.3 Å². The van der Waals surface area contributed by atoms with Gasteiger partial charge in [0.1, 0.15) is 10.7 Å². The third-order valence-corrected chi connectivity index (χ3v) is 4.61. The van der Waals surface area contributed by atoms with E-state index in [4.69, 9.17) is 4.42 Å². The van der Waals surface area contributed by atoms with E-state index in [-0.39, 0.29) is 0 Å². The summed E-state index contributed by atoms with van der Waals surface area (Å²) < 4.78 is 7.17. The van der Waals surface area contributed by atoms with Crippen LogP contribution in [0.25, 0.3) is 27.4 Å². The molecule has 20 heavy (non-hydrogen) atoms. The first-order valence-electron chi connectivity index (χ1n) is 6.32. The Morgan fingerprint density at radius 1 is 1.20 bits per heavy atom. The third kappa shape index (κ3) is 1.45. The number of furan rings is 1. The average Bonchev–Trinajstić information content (AvgIpc) is 3.10. The van der Waals surface area contributed by atoms with Crippen LogP contribution in [-0.4, -0.2) is 19.6 Å². The summed E-state index contributed by atoms with van der Waals surface area (Å²) in [5, 5.41) is 5.60. The molecule has 4 heterocycles. The lowest BCUT2D eigenvalue weighted by Crippen LogP contribution is -1.97. The van der Waals surface area contributed by atoms with Gasteiger partial charge >= 0.3 is 0 Å². The quantitative estimate of drug-likeness (QED) is 0.536. The van der Waals surface area contributed by atoms with Crippen LogP contribution in [0.5, 0.6) is 0 Å². The smallest absolute Gasteiger partial charge is 0.217 e. The minimum Gasteiger partial charge on any atom is -0.461 e. The fourth-order valence-electron chi connectivity index (χ4n) is 2.36. The molecule has 0 spiro atoms. The van der Waals surface area contributed by atoms with Crippen molar-refractivity contribution in [3.05, 3.63) is 34.7 Å². The third-order valence-electron chi connectivity index (χ3n) is 3.51. The largest absolute Gasteiger partial charge is 0.461 e. The first kappa shape index (κ1) is 11.6. The zero-order valence-electron chi connectivity index (χ0n) is 11.3. The molecule has 0 bridgehead atoms. The van der Waals surface area contributed by atoms with E-state index in [1.807, 2.05) is 19.1 Å². The standard InChI is InChI=1S/C14H12N4OS/c1-7-8(2)20-14-11(7)13-16-12(10-5-4-6-19-10)17-18(13)9(3)15-14/h4-6H,1-3H3. The zero-order valence-corrected chi connectivity index (χ0v) is 12.2. The number of thiophene rings is 1. The van der Waals surface area contributed by atoms with E-state index in [9.17, 15) is 0 Å². The maximum absolute atomic E-state index is 5.38. The summed E-state index contributed by atoms with van der Waals surface area (Å²) >= 11 is 1.70. The van der Waals surface area contributed by atoms with Gasteiger partial charge in [-0.15, -0.1) is 16.4 Å². The van der Waals surface area contributed by atoms with Crippen LogP contribution in [0.2, 0.25) is 0 Å². The van der Waals surface area contributed by atoms with Gasteiger partial charge in [-0.2, -0.15) is 4.52 Å². The number of hydrogen-bond acceptors (Lipinski definition) is 5. The summed E-state index contributed by atoms with van der Waals surface area (Å²) in [6.07, 6.45) is 1.63. The van der Waals surface area contributed by atoms with Crippen molar-refractivity contribution in [2.75, 3.05) is 0 Å². The zero-order chi connectivity index (χ0) is 13.9. The van der Waals surface area contributed by atoms with E-state index in [0.717, 1.165) is 21.7 Å². The molecule has 4 aromatic heterocycles. The number of aryl methyl sites for hydroxylation is 3. The van der Waals surface area contributed by atoms with Gasteiger partial charge in [0.15, 0.2) is 11.4 Å². The normalized spacial score (nSPS) is 11.8. The second-order valence-electron chi connectivity index (χ2n) is 4.77. The van der Waals surface area contributed by atoms with Crippen LogP contribution in [-0.2, 0) is 0 Å². The first-order chi connectivity index (χ1) is 9.65. The Morgan fingerprint density at radius 3 is 2.80 bits per heavy atom. The molecular weight excluding hydrogens is 272 g/mol. The molecule has 0 aliphatic carbocycles. The van der Waals surface area contributed by atoms with Gasteiger partial charge in [-0.25, -0.2) is 9.97 Å². The summed E-state index contributed by atoms with van der Waals surface area (Å²) in [5.41, 5.74) is 2.07. The van der Waals surface area contributed by atoms with Crippen LogP contribution in [0.1, 0.15) is 16.3 Å². The van der Waals surface area contributed by atoms with Gasteiger partial charge in [-0.05, 0) is 38.5 Å². The molecule has 0 N–H and O–H groups in total. The van der Waals surface area contributed by atoms with Gasteiger partial charge in [-0.1, -0.05) is 0 Å². The monoisotopic (exact) mass is 284 g/mol. The second kappa shape index (κ2) is 3.89. The number of nitrogens with zero attached hydrogens (tertiary/aromatic N) is 4. The fourth-order valence-corrected chi connectivity index (χ4v) is 3.42. The van der Waals surface area contributed by atoms with Crippen LogP contribution in [0, 0.1) is 20.8 Å². The van der Waals surface area contributed by atoms with Crippen molar-refractivity contribution in [1.29, 1.82) is 0 Å². The van der Waals surface area contributed by atoms with E-state index in [1.165, 1.54) is 10.4 Å². The predicted molar refractivity (Wildman–Crippen MR) is 78.1 cm³/mol. The van der Waals surface area contributed by atoms with E-state index in [0.29, 0.717) is 11.6 Å². The van der Waals surface area contributed by atoms with Gasteiger partial charge in [-0.3, -0.25) is 0 Å². The topological polar surface area (TPSA) is 56.2 Å². The highest BCUT2D eigenvalue weighted by Gasteiger charge is 2.17. The maximum atomic E-state index is 5.38. The summed E-state index contributed by atoms with van der Waals surface area (Å²) in [4.78, 5) is 11.6. The van der Waals surface area contributed by atoms with Gasteiger partial charge in [0, 0.05) is 4.88 Å². The average molecular weight is 284 g/mol.